The summed E-state index contributed by atoms with van der Waals surface area (Å²) in [4.78, 5) is 34.6. The van der Waals surface area contributed by atoms with Crippen molar-refractivity contribution in [3.63, 3.8) is 0 Å². The van der Waals surface area contributed by atoms with Crippen LogP contribution in [0.5, 0.6) is 0 Å². The van der Waals surface area contributed by atoms with Gasteiger partial charge in [-0.3, -0.25) is 9.59 Å². The molecule has 0 rings (SSSR count). The van der Waals surface area contributed by atoms with Crippen LogP contribution in [-0.4, -0.2) is 29.8 Å². The molecule has 0 aliphatic rings. The zero-order valence-electron chi connectivity index (χ0n) is 13.5. The number of carbonyl (C=O) groups excluding carboxylic acids is 3. The van der Waals surface area contributed by atoms with Crippen molar-refractivity contribution in [1.82, 2.24) is 5.32 Å². The first-order chi connectivity index (χ1) is 9.15. The Morgan fingerprint density at radius 2 is 1.62 bits per heavy atom. The first kappa shape index (κ1) is 22.0. The second kappa shape index (κ2) is 10.4. The number of amides is 1. The average molecular weight is 317 g/mol. The van der Waals surface area contributed by atoms with Crippen molar-refractivity contribution in [3.05, 3.63) is 12.2 Å². The van der Waals surface area contributed by atoms with Gasteiger partial charge in [0.15, 0.2) is 5.78 Å². The summed E-state index contributed by atoms with van der Waals surface area (Å²) < 4.78 is 4.98. The number of rotatable bonds is 8. The summed E-state index contributed by atoms with van der Waals surface area (Å²) in [6, 6.07) is -0.488. The van der Waals surface area contributed by atoms with Crippen LogP contribution in [0.15, 0.2) is 12.2 Å². The van der Waals surface area contributed by atoms with Crippen LogP contribution in [0.25, 0.3) is 0 Å². The Morgan fingerprint density at radius 1 is 1.10 bits per heavy atom. The zero-order valence-corrected chi connectivity index (χ0v) is 14.5. The molecule has 1 amide bonds. The zero-order chi connectivity index (χ0) is 15.9. The van der Waals surface area contributed by atoms with E-state index in [2.05, 4.69) is 11.9 Å². The van der Waals surface area contributed by atoms with E-state index in [0.29, 0.717) is 0 Å². The van der Waals surface area contributed by atoms with Gasteiger partial charge in [0.05, 0.1) is 12.1 Å². The van der Waals surface area contributed by atoms with E-state index in [0.717, 1.165) is 0 Å². The molecule has 21 heavy (non-hydrogen) atoms. The van der Waals surface area contributed by atoms with Gasteiger partial charge in [-0.1, -0.05) is 20.4 Å². The van der Waals surface area contributed by atoms with Crippen LogP contribution in [0, 0.1) is 5.92 Å². The van der Waals surface area contributed by atoms with Crippen molar-refractivity contribution < 1.29 is 19.1 Å². The molecular weight excluding hydrogens is 290 g/mol. The van der Waals surface area contributed by atoms with E-state index in [-0.39, 0.29) is 55.6 Å². The molecule has 122 valence electrons. The molecule has 0 saturated carbocycles. The van der Waals surface area contributed by atoms with Gasteiger partial charge in [0.2, 0.25) is 5.91 Å². The summed E-state index contributed by atoms with van der Waals surface area (Å²) in [5.41, 5.74) is 0.262. The predicted molar refractivity (Wildman–Crippen MR) is 87.4 cm³/mol. The first-order valence-corrected chi connectivity index (χ1v) is 6.83. The van der Waals surface area contributed by atoms with Gasteiger partial charge in [-0.25, -0.2) is 4.79 Å². The summed E-state index contributed by atoms with van der Waals surface area (Å²) in [7, 11) is 0. The van der Waals surface area contributed by atoms with Crippen LogP contribution in [0.2, 0.25) is 0 Å². The van der Waals surface area contributed by atoms with Gasteiger partial charge in [-0.15, -0.1) is 0 Å². The average Bonchev–Trinajstić information content (AvgIpc) is 2.31. The lowest BCUT2D eigenvalue weighted by Gasteiger charge is -2.19. The number of ether oxygens (including phenoxy) is 1. The second-order valence-corrected chi connectivity index (χ2v) is 5.46. The van der Waals surface area contributed by atoms with Crippen LogP contribution in [0.4, 0.5) is 0 Å². The second-order valence-electron chi connectivity index (χ2n) is 5.46. The van der Waals surface area contributed by atoms with E-state index < -0.39 is 12.0 Å². The smallest absolute Gasteiger partial charge is 0.333 e. The van der Waals surface area contributed by atoms with Crippen LogP contribution in [0.3, 0.4) is 0 Å². The highest BCUT2D eigenvalue weighted by Gasteiger charge is 2.21. The SMILES string of the molecule is C=C(CCC(=O)NC(C(C)=O)C(C)C)C(=O)OC(C)C.S. The van der Waals surface area contributed by atoms with E-state index in [9.17, 15) is 14.4 Å². The normalized spacial score (nSPS) is 11.6. The molecule has 0 spiro atoms. The molecule has 0 bridgehead atoms. The third kappa shape index (κ3) is 9.28. The van der Waals surface area contributed by atoms with E-state index in [1.54, 1.807) is 13.8 Å². The lowest BCUT2D eigenvalue weighted by atomic mass is 10.0. The predicted octanol–water partition coefficient (Wildman–Crippen LogP) is 2.12. The third-order valence-corrected chi connectivity index (χ3v) is 2.71. The van der Waals surface area contributed by atoms with Gasteiger partial charge >= 0.3 is 5.97 Å². The van der Waals surface area contributed by atoms with Gasteiger partial charge in [-0.2, -0.15) is 13.5 Å². The number of nitrogens with one attached hydrogen (secondary N) is 1. The van der Waals surface area contributed by atoms with Crippen LogP contribution >= 0.6 is 13.5 Å². The van der Waals surface area contributed by atoms with Crippen LogP contribution < -0.4 is 5.32 Å². The molecule has 0 radical (unpaired) electrons. The Morgan fingerprint density at radius 3 is 2.00 bits per heavy atom. The van der Waals surface area contributed by atoms with Gasteiger partial charge in [0.25, 0.3) is 0 Å². The van der Waals surface area contributed by atoms with Crippen molar-refractivity contribution in [2.75, 3.05) is 0 Å². The minimum atomic E-state index is -0.488. The molecule has 5 nitrogen and oxygen atoms in total. The quantitative estimate of drug-likeness (QED) is 0.550. The topological polar surface area (TPSA) is 72.5 Å². The van der Waals surface area contributed by atoms with E-state index >= 15 is 0 Å². The van der Waals surface area contributed by atoms with Crippen LogP contribution in [-0.2, 0) is 19.1 Å². The van der Waals surface area contributed by atoms with E-state index in [4.69, 9.17) is 4.74 Å². The van der Waals surface area contributed by atoms with Crippen LogP contribution in [0.1, 0.15) is 47.5 Å². The number of esters is 1. The summed E-state index contributed by atoms with van der Waals surface area (Å²) in [5, 5.41) is 2.67. The lowest BCUT2D eigenvalue weighted by molar-refractivity contribution is -0.142. The maximum Gasteiger partial charge on any atom is 0.333 e. The van der Waals surface area contributed by atoms with Crippen molar-refractivity contribution in [3.8, 4) is 0 Å². The summed E-state index contributed by atoms with van der Waals surface area (Å²) in [5.74, 6) is -0.797. The highest BCUT2D eigenvalue weighted by molar-refractivity contribution is 7.59. The number of hydrogen-bond donors (Lipinski definition) is 1. The molecule has 0 aromatic rings. The fraction of sp³-hybridized carbons (Fsp3) is 0.667. The van der Waals surface area contributed by atoms with Gasteiger partial charge < -0.3 is 10.1 Å². The molecule has 1 N–H and O–H groups in total. The number of carbonyl (C=O) groups is 3. The van der Waals surface area contributed by atoms with Gasteiger partial charge in [0.1, 0.15) is 0 Å². The Bertz CT molecular complexity index is 391. The monoisotopic (exact) mass is 317 g/mol. The minimum absolute atomic E-state index is 0. The standard InChI is InChI=1S/C15H25NO4.H2S/c1-9(2)14(12(6)17)16-13(18)8-7-11(5)15(19)20-10(3)4;/h9-10,14H,5,7-8H2,1-4,6H3,(H,16,18);1H2. The van der Waals surface area contributed by atoms with Crippen molar-refractivity contribution in [1.29, 1.82) is 0 Å². The van der Waals surface area contributed by atoms with Crippen molar-refractivity contribution in [2.24, 2.45) is 5.92 Å². The number of hydrogen-bond acceptors (Lipinski definition) is 4. The van der Waals surface area contributed by atoms with Gasteiger partial charge in [-0.05, 0) is 33.1 Å². The van der Waals surface area contributed by atoms with E-state index in [1.807, 2.05) is 13.8 Å². The maximum absolute atomic E-state index is 11.8. The summed E-state index contributed by atoms with van der Waals surface area (Å²) in [6.07, 6.45) is 0.124. The Balaban J connectivity index is 0. The largest absolute Gasteiger partial charge is 0.460 e. The van der Waals surface area contributed by atoms with Crippen molar-refractivity contribution in [2.45, 2.75) is 59.6 Å². The van der Waals surface area contributed by atoms with Gasteiger partial charge in [0, 0.05) is 12.0 Å². The fourth-order valence-corrected chi connectivity index (χ4v) is 1.65. The summed E-state index contributed by atoms with van der Waals surface area (Å²) >= 11 is 0. The fourth-order valence-electron chi connectivity index (χ4n) is 1.65. The Hall–Kier alpha value is -1.30. The summed E-state index contributed by atoms with van der Waals surface area (Å²) in [6.45, 7) is 12.3. The molecule has 0 saturated heterocycles. The van der Waals surface area contributed by atoms with E-state index in [1.165, 1.54) is 6.92 Å². The molecule has 0 fully saturated rings. The molecule has 1 unspecified atom stereocenters. The molecule has 0 aromatic carbocycles. The third-order valence-electron chi connectivity index (χ3n) is 2.71. The molecule has 1 atom stereocenters. The Kier molecular flexibility index (Phi) is 10.9. The highest BCUT2D eigenvalue weighted by Crippen LogP contribution is 2.08. The van der Waals surface area contributed by atoms with Crippen molar-refractivity contribution >= 4 is 31.2 Å². The molecule has 6 heteroatoms. The molecule has 0 aliphatic heterocycles. The first-order valence-electron chi connectivity index (χ1n) is 6.83. The molecule has 0 heterocycles. The molecule has 0 aliphatic carbocycles. The Labute approximate surface area is 133 Å². The molecule has 0 aromatic heterocycles. The highest BCUT2D eigenvalue weighted by atomic mass is 32.1. The minimum Gasteiger partial charge on any atom is -0.460 e. The number of ketones is 1. The number of Topliss-reactive ketones (excluding diaryl/α,β-unsaturated/α-hetero) is 1. The maximum atomic E-state index is 11.8. The lowest BCUT2D eigenvalue weighted by Crippen LogP contribution is -2.43. The molecular formula is C15H27NO4S.